The molecule has 1 aliphatic carbocycles. The fourth-order valence-electron chi connectivity index (χ4n) is 1.90. The Kier molecular flexibility index (Phi) is 4.66. The molecule has 0 saturated heterocycles. The summed E-state index contributed by atoms with van der Waals surface area (Å²) in [5.41, 5.74) is 0.633. The summed E-state index contributed by atoms with van der Waals surface area (Å²) in [6.45, 7) is 3.64. The average Bonchev–Trinajstić information content (AvgIpc) is 3.16. The van der Waals surface area contributed by atoms with E-state index in [-0.39, 0.29) is 12.1 Å². The van der Waals surface area contributed by atoms with Gasteiger partial charge in [0.15, 0.2) is 0 Å². The van der Waals surface area contributed by atoms with Gasteiger partial charge in [0, 0.05) is 18.2 Å². The molecular weight excluding hydrogens is 234 g/mol. The van der Waals surface area contributed by atoms with Crippen LogP contribution in [0, 0.1) is 18.6 Å². The molecule has 1 aromatic carbocycles. The van der Waals surface area contributed by atoms with Gasteiger partial charge in [-0.3, -0.25) is 0 Å². The number of aryl methyl sites for hydroxylation is 1. The molecule has 1 aliphatic rings. The predicted octanol–water partition coefficient (Wildman–Crippen LogP) is 2.50. The van der Waals surface area contributed by atoms with Gasteiger partial charge in [0.05, 0.1) is 0 Å². The summed E-state index contributed by atoms with van der Waals surface area (Å²) in [5.74, 6) is -0.902. The third kappa shape index (κ3) is 3.75. The molecule has 2 N–H and O–H groups in total. The van der Waals surface area contributed by atoms with Crippen LogP contribution in [0.25, 0.3) is 0 Å². The first kappa shape index (κ1) is 13.4. The average molecular weight is 254 g/mol. The van der Waals surface area contributed by atoms with Gasteiger partial charge in [0.25, 0.3) is 0 Å². The van der Waals surface area contributed by atoms with Crippen molar-refractivity contribution in [1.29, 1.82) is 0 Å². The molecule has 0 amide bonds. The largest absolute Gasteiger partial charge is 0.314 e. The van der Waals surface area contributed by atoms with Crippen molar-refractivity contribution in [1.82, 2.24) is 10.6 Å². The predicted molar refractivity (Wildman–Crippen MR) is 68.4 cm³/mol. The van der Waals surface area contributed by atoms with Crippen molar-refractivity contribution in [3.05, 3.63) is 34.9 Å². The third-order valence-corrected chi connectivity index (χ3v) is 3.22. The highest BCUT2D eigenvalue weighted by Crippen LogP contribution is 2.18. The molecule has 1 fully saturated rings. The Morgan fingerprint density at radius 2 is 2.00 bits per heavy atom. The van der Waals surface area contributed by atoms with E-state index in [4.69, 9.17) is 0 Å². The lowest BCUT2D eigenvalue weighted by atomic mass is 10.1. The zero-order valence-electron chi connectivity index (χ0n) is 10.7. The molecule has 0 unspecified atom stereocenters. The molecule has 0 bridgehead atoms. The number of halogens is 2. The minimum Gasteiger partial charge on any atom is -0.314 e. The van der Waals surface area contributed by atoms with Crippen LogP contribution in [0.3, 0.4) is 0 Å². The zero-order chi connectivity index (χ0) is 13.0. The van der Waals surface area contributed by atoms with E-state index < -0.39 is 11.6 Å². The van der Waals surface area contributed by atoms with Crippen LogP contribution < -0.4 is 10.6 Å². The first-order valence-electron chi connectivity index (χ1n) is 6.56. The molecule has 18 heavy (non-hydrogen) atoms. The lowest BCUT2D eigenvalue weighted by molar-refractivity contribution is 0.523. The second-order valence-corrected chi connectivity index (χ2v) is 4.92. The second-order valence-electron chi connectivity index (χ2n) is 4.92. The number of hydrogen-bond acceptors (Lipinski definition) is 2. The molecule has 2 nitrogen and oxygen atoms in total. The van der Waals surface area contributed by atoms with Crippen molar-refractivity contribution in [3.63, 3.8) is 0 Å². The van der Waals surface area contributed by atoms with Crippen LogP contribution in [-0.2, 0) is 6.54 Å². The van der Waals surface area contributed by atoms with Crippen LogP contribution in [0.2, 0.25) is 0 Å². The van der Waals surface area contributed by atoms with Crippen LogP contribution in [0.5, 0.6) is 0 Å². The molecule has 1 aromatic rings. The minimum atomic E-state index is -0.471. The number of nitrogens with one attached hydrogen (secondary N) is 2. The Bertz CT molecular complexity index is 403. The summed E-state index contributed by atoms with van der Waals surface area (Å²) in [6.07, 6.45) is 3.55. The smallest absolute Gasteiger partial charge is 0.133 e. The molecule has 2 rings (SSSR count). The summed E-state index contributed by atoms with van der Waals surface area (Å²) >= 11 is 0. The highest BCUT2D eigenvalue weighted by atomic mass is 19.1. The van der Waals surface area contributed by atoms with Gasteiger partial charge in [-0.05, 0) is 50.9 Å². The first-order chi connectivity index (χ1) is 8.68. The van der Waals surface area contributed by atoms with Crippen molar-refractivity contribution in [2.45, 2.75) is 38.8 Å². The summed E-state index contributed by atoms with van der Waals surface area (Å²) in [5, 5.41) is 6.48. The van der Waals surface area contributed by atoms with Crippen LogP contribution in [0.1, 0.15) is 30.4 Å². The van der Waals surface area contributed by atoms with Gasteiger partial charge in [-0.1, -0.05) is 6.07 Å². The Hall–Kier alpha value is -1.00. The van der Waals surface area contributed by atoms with Gasteiger partial charge >= 0.3 is 0 Å². The van der Waals surface area contributed by atoms with E-state index in [2.05, 4.69) is 10.6 Å². The van der Waals surface area contributed by atoms with E-state index >= 15 is 0 Å². The van der Waals surface area contributed by atoms with Crippen LogP contribution in [-0.4, -0.2) is 19.1 Å². The number of rotatable bonds is 7. The fraction of sp³-hybridized carbons (Fsp3) is 0.571. The maximum Gasteiger partial charge on any atom is 0.133 e. The fourth-order valence-corrected chi connectivity index (χ4v) is 1.90. The zero-order valence-corrected chi connectivity index (χ0v) is 10.7. The minimum absolute atomic E-state index is 0.144. The van der Waals surface area contributed by atoms with Gasteiger partial charge in [-0.15, -0.1) is 0 Å². The lowest BCUT2D eigenvalue weighted by Gasteiger charge is -2.09. The molecule has 0 atom stereocenters. The maximum absolute atomic E-state index is 13.7. The Balaban J connectivity index is 1.70. The summed E-state index contributed by atoms with van der Waals surface area (Å²) < 4.78 is 27.1. The molecular formula is C14H20F2N2. The highest BCUT2D eigenvalue weighted by molar-refractivity contribution is 5.26. The van der Waals surface area contributed by atoms with E-state index in [0.717, 1.165) is 25.6 Å². The SMILES string of the molecule is Cc1ccc(F)c(CNCCCNC2CC2)c1F. The molecule has 0 aliphatic heterocycles. The van der Waals surface area contributed by atoms with Gasteiger partial charge < -0.3 is 10.6 Å². The van der Waals surface area contributed by atoms with Gasteiger partial charge in [0.1, 0.15) is 11.6 Å². The third-order valence-electron chi connectivity index (χ3n) is 3.22. The van der Waals surface area contributed by atoms with Crippen LogP contribution in [0.4, 0.5) is 8.78 Å². The normalized spacial score (nSPS) is 15.1. The molecule has 100 valence electrons. The molecule has 4 heteroatoms. The van der Waals surface area contributed by atoms with E-state index in [1.165, 1.54) is 25.0 Å². The van der Waals surface area contributed by atoms with Gasteiger partial charge in [-0.25, -0.2) is 8.78 Å². The van der Waals surface area contributed by atoms with Gasteiger partial charge in [0.2, 0.25) is 0 Å². The summed E-state index contributed by atoms with van der Waals surface area (Å²) in [7, 11) is 0. The van der Waals surface area contributed by atoms with Gasteiger partial charge in [-0.2, -0.15) is 0 Å². The van der Waals surface area contributed by atoms with E-state index in [0.29, 0.717) is 5.56 Å². The molecule has 0 spiro atoms. The highest BCUT2D eigenvalue weighted by Gasteiger charge is 2.19. The van der Waals surface area contributed by atoms with Crippen molar-refractivity contribution in [3.8, 4) is 0 Å². The van der Waals surface area contributed by atoms with Crippen molar-refractivity contribution >= 4 is 0 Å². The monoisotopic (exact) mass is 254 g/mol. The van der Waals surface area contributed by atoms with E-state index in [1.54, 1.807) is 6.92 Å². The van der Waals surface area contributed by atoms with E-state index in [1.807, 2.05) is 0 Å². The van der Waals surface area contributed by atoms with Crippen LogP contribution >= 0.6 is 0 Å². The molecule has 0 heterocycles. The Morgan fingerprint density at radius 1 is 1.22 bits per heavy atom. The number of hydrogen-bond donors (Lipinski definition) is 2. The van der Waals surface area contributed by atoms with Crippen molar-refractivity contribution < 1.29 is 8.78 Å². The maximum atomic E-state index is 13.7. The summed E-state index contributed by atoms with van der Waals surface area (Å²) in [6, 6.07) is 3.51. The van der Waals surface area contributed by atoms with Crippen molar-refractivity contribution in [2.24, 2.45) is 0 Å². The van der Waals surface area contributed by atoms with Crippen molar-refractivity contribution in [2.75, 3.05) is 13.1 Å². The Labute approximate surface area is 107 Å². The Morgan fingerprint density at radius 3 is 2.72 bits per heavy atom. The van der Waals surface area contributed by atoms with Crippen LogP contribution in [0.15, 0.2) is 12.1 Å². The first-order valence-corrected chi connectivity index (χ1v) is 6.56. The standard InChI is InChI=1S/C14H20F2N2/c1-10-3-6-13(15)12(14(10)16)9-17-7-2-8-18-11-4-5-11/h3,6,11,17-18H,2,4-5,7-9H2,1H3. The lowest BCUT2D eigenvalue weighted by Crippen LogP contribution is -2.23. The summed E-state index contributed by atoms with van der Waals surface area (Å²) in [4.78, 5) is 0. The molecule has 0 aromatic heterocycles. The molecule has 0 radical (unpaired) electrons. The number of benzene rings is 1. The molecule has 1 saturated carbocycles. The quantitative estimate of drug-likeness (QED) is 0.731. The topological polar surface area (TPSA) is 24.1 Å². The van der Waals surface area contributed by atoms with E-state index in [9.17, 15) is 8.78 Å². The second kappa shape index (κ2) is 6.25.